The van der Waals surface area contributed by atoms with Crippen molar-refractivity contribution in [1.82, 2.24) is 10.2 Å². The van der Waals surface area contributed by atoms with Crippen molar-refractivity contribution in [2.24, 2.45) is 5.73 Å². The van der Waals surface area contributed by atoms with Crippen LogP contribution in [0.5, 0.6) is 0 Å². The van der Waals surface area contributed by atoms with Crippen LogP contribution in [0.15, 0.2) is 28.7 Å². The summed E-state index contributed by atoms with van der Waals surface area (Å²) in [5.41, 5.74) is 6.23. The van der Waals surface area contributed by atoms with Crippen LogP contribution in [0.3, 0.4) is 0 Å². The number of piperidine rings is 1. The van der Waals surface area contributed by atoms with E-state index < -0.39 is 5.91 Å². The van der Waals surface area contributed by atoms with Gasteiger partial charge in [-0.2, -0.15) is 0 Å². The van der Waals surface area contributed by atoms with E-state index in [1.807, 2.05) is 24.3 Å². The van der Waals surface area contributed by atoms with Crippen LogP contribution in [0.1, 0.15) is 18.4 Å². The molecule has 1 aromatic carbocycles. The minimum absolute atomic E-state index is 0.0000278. The minimum atomic E-state index is -0.460. The fourth-order valence-corrected chi connectivity index (χ4v) is 2.85. The summed E-state index contributed by atoms with van der Waals surface area (Å²) in [5.74, 6) is -0.499. The lowest BCUT2D eigenvalue weighted by Crippen LogP contribution is -2.49. The number of amides is 2. The molecule has 2 rings (SSSR count). The molecule has 6 heteroatoms. The Morgan fingerprint density at radius 2 is 1.86 bits per heavy atom. The van der Waals surface area contributed by atoms with Crippen LogP contribution in [0.2, 0.25) is 0 Å². The second-order valence-electron chi connectivity index (χ2n) is 5.27. The van der Waals surface area contributed by atoms with E-state index in [1.54, 1.807) is 4.90 Å². The summed E-state index contributed by atoms with van der Waals surface area (Å²) in [5, 5.41) is 3.26. The lowest BCUT2D eigenvalue weighted by Gasteiger charge is -2.34. The molecular weight excluding hydrogens is 334 g/mol. The summed E-state index contributed by atoms with van der Waals surface area (Å²) in [6.45, 7) is 1.73. The van der Waals surface area contributed by atoms with Crippen molar-refractivity contribution in [3.05, 3.63) is 34.3 Å². The van der Waals surface area contributed by atoms with Crippen LogP contribution >= 0.6 is 15.9 Å². The predicted octanol–water partition coefficient (Wildman–Crippen LogP) is 1.06. The number of nitrogens with two attached hydrogens (primary N) is 1. The molecule has 1 fully saturated rings. The lowest BCUT2D eigenvalue weighted by atomic mass is 10.0. The number of nitrogens with zero attached hydrogens (tertiary/aromatic N) is 1. The van der Waals surface area contributed by atoms with Crippen LogP contribution in [0.4, 0.5) is 0 Å². The number of rotatable bonds is 5. The highest BCUT2D eigenvalue weighted by Gasteiger charge is 2.26. The van der Waals surface area contributed by atoms with E-state index in [4.69, 9.17) is 5.73 Å². The van der Waals surface area contributed by atoms with Crippen molar-refractivity contribution in [1.29, 1.82) is 0 Å². The van der Waals surface area contributed by atoms with Gasteiger partial charge in [-0.15, -0.1) is 0 Å². The molecule has 114 valence electrons. The van der Waals surface area contributed by atoms with Gasteiger partial charge in [-0.25, -0.2) is 0 Å². The molecule has 1 aliphatic rings. The third-order valence-electron chi connectivity index (χ3n) is 3.66. The van der Waals surface area contributed by atoms with E-state index in [9.17, 15) is 9.59 Å². The van der Waals surface area contributed by atoms with Gasteiger partial charge in [0.25, 0.3) is 0 Å². The maximum Gasteiger partial charge on any atom is 0.237 e. The molecule has 0 saturated carbocycles. The first-order chi connectivity index (χ1) is 10.1. The minimum Gasteiger partial charge on any atom is -0.368 e. The first kappa shape index (κ1) is 16.0. The topological polar surface area (TPSA) is 75.4 Å². The molecule has 0 unspecified atom stereocenters. The van der Waals surface area contributed by atoms with Gasteiger partial charge in [-0.05, 0) is 43.6 Å². The van der Waals surface area contributed by atoms with Gasteiger partial charge in [0.1, 0.15) is 0 Å². The van der Waals surface area contributed by atoms with E-state index >= 15 is 0 Å². The Bertz CT molecular complexity index is 498. The predicted molar refractivity (Wildman–Crippen MR) is 84.6 cm³/mol. The summed E-state index contributed by atoms with van der Waals surface area (Å²) in [7, 11) is 0. The Kier molecular flexibility index (Phi) is 5.76. The van der Waals surface area contributed by atoms with Crippen molar-refractivity contribution in [2.45, 2.75) is 25.3 Å². The molecule has 0 radical (unpaired) electrons. The quantitative estimate of drug-likeness (QED) is 0.830. The molecule has 1 aromatic rings. The van der Waals surface area contributed by atoms with E-state index in [0.29, 0.717) is 6.42 Å². The molecule has 1 saturated heterocycles. The van der Waals surface area contributed by atoms with Crippen molar-refractivity contribution >= 4 is 27.7 Å². The van der Waals surface area contributed by atoms with Crippen molar-refractivity contribution in [2.75, 3.05) is 19.6 Å². The molecule has 5 nitrogen and oxygen atoms in total. The van der Waals surface area contributed by atoms with Gasteiger partial charge >= 0.3 is 0 Å². The van der Waals surface area contributed by atoms with Gasteiger partial charge in [-0.3, -0.25) is 9.59 Å². The normalized spacial score (nSPS) is 15.7. The number of primary amides is 1. The smallest absolute Gasteiger partial charge is 0.237 e. The van der Waals surface area contributed by atoms with Gasteiger partial charge in [0.05, 0.1) is 13.0 Å². The average Bonchev–Trinajstić information content (AvgIpc) is 2.48. The summed E-state index contributed by atoms with van der Waals surface area (Å²) < 4.78 is 0.978. The molecule has 0 atom stereocenters. The highest BCUT2D eigenvalue weighted by molar-refractivity contribution is 9.10. The lowest BCUT2D eigenvalue weighted by molar-refractivity contribution is -0.137. The molecular formula is C15H20BrN3O2. The van der Waals surface area contributed by atoms with Crippen LogP contribution in [0, 0.1) is 0 Å². The fourth-order valence-electron chi connectivity index (χ4n) is 2.59. The van der Waals surface area contributed by atoms with E-state index in [2.05, 4.69) is 21.2 Å². The molecule has 0 bridgehead atoms. The Morgan fingerprint density at radius 3 is 2.43 bits per heavy atom. The number of carbonyl (C=O) groups is 2. The van der Waals surface area contributed by atoms with Gasteiger partial charge in [-0.1, -0.05) is 28.1 Å². The van der Waals surface area contributed by atoms with E-state index in [-0.39, 0.29) is 18.5 Å². The van der Waals surface area contributed by atoms with Crippen LogP contribution in [-0.4, -0.2) is 42.4 Å². The maximum atomic E-state index is 12.5. The number of hydrogen-bond donors (Lipinski definition) is 2. The Morgan fingerprint density at radius 1 is 1.24 bits per heavy atom. The van der Waals surface area contributed by atoms with Crippen LogP contribution in [-0.2, 0) is 16.0 Å². The third-order valence-corrected chi connectivity index (χ3v) is 4.19. The highest BCUT2D eigenvalue weighted by atomic mass is 79.9. The molecule has 2 amide bonds. The molecule has 0 spiro atoms. The fraction of sp³-hybridized carbons (Fsp3) is 0.467. The first-order valence-electron chi connectivity index (χ1n) is 7.09. The van der Waals surface area contributed by atoms with E-state index in [1.165, 1.54) is 0 Å². The Hall–Kier alpha value is -1.40. The largest absolute Gasteiger partial charge is 0.368 e. The molecule has 1 heterocycles. The van der Waals surface area contributed by atoms with Gasteiger partial charge in [0.15, 0.2) is 0 Å². The average molecular weight is 354 g/mol. The van der Waals surface area contributed by atoms with Gasteiger partial charge in [0, 0.05) is 10.5 Å². The van der Waals surface area contributed by atoms with Crippen molar-refractivity contribution in [3.8, 4) is 0 Å². The molecule has 3 N–H and O–H groups in total. The summed E-state index contributed by atoms with van der Waals surface area (Å²) in [6, 6.07) is 7.73. The Labute approximate surface area is 133 Å². The highest BCUT2D eigenvalue weighted by Crippen LogP contribution is 2.15. The van der Waals surface area contributed by atoms with E-state index in [0.717, 1.165) is 36.0 Å². The van der Waals surface area contributed by atoms with Crippen molar-refractivity contribution < 1.29 is 9.59 Å². The number of carbonyl (C=O) groups excluding carboxylic acids is 2. The van der Waals surface area contributed by atoms with Crippen LogP contribution in [0.25, 0.3) is 0 Å². The molecule has 1 aliphatic heterocycles. The standard InChI is InChI=1S/C15H20BrN3O2/c16-12-3-1-11(2-4-12)9-15(21)19(10-14(17)20)13-5-7-18-8-6-13/h1-4,13,18H,5-10H2,(H2,17,20). The van der Waals surface area contributed by atoms with Crippen molar-refractivity contribution in [3.63, 3.8) is 0 Å². The number of benzene rings is 1. The zero-order valence-electron chi connectivity index (χ0n) is 11.8. The number of hydrogen-bond acceptors (Lipinski definition) is 3. The summed E-state index contributed by atoms with van der Waals surface area (Å²) >= 11 is 3.37. The summed E-state index contributed by atoms with van der Waals surface area (Å²) in [4.78, 5) is 25.4. The number of nitrogens with one attached hydrogen (secondary N) is 1. The third kappa shape index (κ3) is 4.82. The zero-order chi connectivity index (χ0) is 15.2. The SMILES string of the molecule is NC(=O)CN(C(=O)Cc1ccc(Br)cc1)C1CCNCC1. The van der Waals surface area contributed by atoms with Crippen LogP contribution < -0.4 is 11.1 Å². The Balaban J connectivity index is 2.05. The number of halogens is 1. The molecule has 21 heavy (non-hydrogen) atoms. The van der Waals surface area contributed by atoms with Gasteiger partial charge < -0.3 is 16.0 Å². The maximum absolute atomic E-state index is 12.5. The second kappa shape index (κ2) is 7.56. The molecule has 0 aliphatic carbocycles. The zero-order valence-corrected chi connectivity index (χ0v) is 13.4. The molecule has 0 aromatic heterocycles. The summed E-state index contributed by atoms with van der Waals surface area (Å²) in [6.07, 6.45) is 2.02. The first-order valence-corrected chi connectivity index (χ1v) is 7.88. The monoisotopic (exact) mass is 353 g/mol. The second-order valence-corrected chi connectivity index (χ2v) is 6.19. The van der Waals surface area contributed by atoms with Gasteiger partial charge in [0.2, 0.25) is 11.8 Å².